The fourth-order valence-corrected chi connectivity index (χ4v) is 2.07. The summed E-state index contributed by atoms with van der Waals surface area (Å²) in [5, 5.41) is 13.1. The number of amides is 1. The summed E-state index contributed by atoms with van der Waals surface area (Å²) in [6.45, 7) is 7.83. The third-order valence-corrected chi connectivity index (χ3v) is 3.36. The molecule has 0 saturated heterocycles. The van der Waals surface area contributed by atoms with Crippen molar-refractivity contribution < 1.29 is 14.6 Å². The van der Waals surface area contributed by atoms with Crippen molar-refractivity contribution in [1.29, 1.82) is 0 Å². The van der Waals surface area contributed by atoms with Crippen molar-refractivity contribution in [1.82, 2.24) is 5.32 Å². The van der Waals surface area contributed by atoms with Crippen molar-refractivity contribution in [3.8, 4) is 11.8 Å². The van der Waals surface area contributed by atoms with Gasteiger partial charge in [0.1, 0.15) is 5.60 Å². The molecule has 0 heterocycles. The summed E-state index contributed by atoms with van der Waals surface area (Å²) in [7, 11) is 0. The minimum absolute atomic E-state index is 0.400. The van der Waals surface area contributed by atoms with Gasteiger partial charge in [-0.2, -0.15) is 0 Å². The number of unbranched alkanes of at least 4 members (excludes halogenated alkanes) is 1. The van der Waals surface area contributed by atoms with Crippen molar-refractivity contribution in [2.75, 3.05) is 6.54 Å². The molecule has 0 aliphatic heterocycles. The lowest BCUT2D eigenvalue weighted by molar-refractivity contribution is 0.0527. The Morgan fingerprint density at radius 1 is 1.24 bits per heavy atom. The van der Waals surface area contributed by atoms with E-state index in [9.17, 15) is 9.90 Å². The molecule has 0 spiro atoms. The van der Waals surface area contributed by atoms with Gasteiger partial charge >= 0.3 is 6.09 Å². The van der Waals surface area contributed by atoms with Gasteiger partial charge in [0.05, 0.1) is 5.60 Å². The maximum Gasteiger partial charge on any atom is 0.407 e. The van der Waals surface area contributed by atoms with E-state index < -0.39 is 17.3 Å². The van der Waals surface area contributed by atoms with Crippen LogP contribution >= 0.6 is 0 Å². The molecule has 1 aromatic carbocycles. The molecule has 0 aliphatic carbocycles. The number of nitrogens with one attached hydrogen (secondary N) is 1. The zero-order valence-corrected chi connectivity index (χ0v) is 15.6. The Morgan fingerprint density at radius 2 is 1.92 bits per heavy atom. The summed E-state index contributed by atoms with van der Waals surface area (Å²) in [6, 6.07) is 9.59. The summed E-state index contributed by atoms with van der Waals surface area (Å²) >= 11 is 0. The Kier molecular flexibility index (Phi) is 8.24. The number of aliphatic hydroxyl groups is 1. The van der Waals surface area contributed by atoms with Crippen LogP contribution in [0, 0.1) is 11.8 Å². The predicted octanol–water partition coefficient (Wildman–Crippen LogP) is 4.15. The summed E-state index contributed by atoms with van der Waals surface area (Å²) in [4.78, 5) is 11.4. The lowest BCUT2D eigenvalue weighted by Gasteiger charge is -2.21. The number of carbonyl (C=O) groups is 1. The topological polar surface area (TPSA) is 58.6 Å². The molecule has 0 aliphatic rings. The number of allylic oxidation sites excluding steroid dienone is 1. The molecule has 0 aromatic heterocycles. The highest BCUT2D eigenvalue weighted by molar-refractivity contribution is 5.67. The van der Waals surface area contributed by atoms with E-state index in [0.717, 1.165) is 12.0 Å². The minimum Gasteiger partial charge on any atom is -0.444 e. The van der Waals surface area contributed by atoms with Crippen LogP contribution in [0.4, 0.5) is 4.79 Å². The Hall–Kier alpha value is -2.25. The molecule has 4 nitrogen and oxygen atoms in total. The number of carbonyl (C=O) groups excluding carboxylic acids is 1. The van der Waals surface area contributed by atoms with Crippen LogP contribution in [0.3, 0.4) is 0 Å². The zero-order chi connectivity index (χ0) is 18.8. The van der Waals surface area contributed by atoms with Crippen LogP contribution in [0.5, 0.6) is 0 Å². The molecule has 0 unspecified atom stereocenters. The molecule has 1 rings (SSSR count). The number of alkyl carbamates (subject to hydrolysis) is 1. The average Bonchev–Trinajstić information content (AvgIpc) is 2.52. The molecule has 1 aromatic rings. The molecule has 1 atom stereocenters. The van der Waals surface area contributed by atoms with E-state index in [1.165, 1.54) is 0 Å². The van der Waals surface area contributed by atoms with Gasteiger partial charge in [-0.05, 0) is 52.2 Å². The van der Waals surface area contributed by atoms with Crippen molar-refractivity contribution in [2.45, 2.75) is 58.2 Å². The molecule has 25 heavy (non-hydrogen) atoms. The molecule has 2 N–H and O–H groups in total. The van der Waals surface area contributed by atoms with Crippen molar-refractivity contribution >= 4 is 6.09 Å². The highest BCUT2D eigenvalue weighted by Crippen LogP contribution is 2.24. The first kappa shape index (κ1) is 20.8. The normalized spacial score (nSPS) is 13.6. The SMILES string of the molecule is CC(C)(C)OC(=O)NCCCC#C/C=C/C[C@@](C)(O)c1ccccc1. The average molecular weight is 343 g/mol. The summed E-state index contributed by atoms with van der Waals surface area (Å²) in [5.41, 5.74) is -0.479. The lowest BCUT2D eigenvalue weighted by Crippen LogP contribution is -2.32. The Balaban J connectivity index is 2.23. The maximum absolute atomic E-state index is 11.4. The van der Waals surface area contributed by atoms with Gasteiger partial charge in [0.25, 0.3) is 0 Å². The van der Waals surface area contributed by atoms with Crippen LogP contribution in [0.25, 0.3) is 0 Å². The van der Waals surface area contributed by atoms with Gasteiger partial charge in [-0.1, -0.05) is 48.2 Å². The summed E-state index contributed by atoms with van der Waals surface area (Å²) in [5.74, 6) is 5.97. The van der Waals surface area contributed by atoms with Crippen molar-refractivity contribution in [2.24, 2.45) is 0 Å². The fraction of sp³-hybridized carbons (Fsp3) is 0.476. The smallest absolute Gasteiger partial charge is 0.407 e. The number of hydrogen-bond acceptors (Lipinski definition) is 3. The van der Waals surface area contributed by atoms with Gasteiger partial charge in [-0.3, -0.25) is 0 Å². The molecule has 136 valence electrons. The van der Waals surface area contributed by atoms with Crippen LogP contribution in [-0.2, 0) is 10.3 Å². The molecule has 0 radical (unpaired) electrons. The molecule has 0 fully saturated rings. The number of benzene rings is 1. The highest BCUT2D eigenvalue weighted by atomic mass is 16.6. The Labute approximate surface area is 151 Å². The summed E-state index contributed by atoms with van der Waals surface area (Å²) in [6.07, 6.45) is 5.20. The van der Waals surface area contributed by atoms with Gasteiger partial charge in [-0.15, -0.1) is 0 Å². The molecule has 0 saturated carbocycles. The van der Waals surface area contributed by atoms with E-state index in [-0.39, 0.29) is 0 Å². The highest BCUT2D eigenvalue weighted by Gasteiger charge is 2.20. The zero-order valence-electron chi connectivity index (χ0n) is 15.6. The van der Waals surface area contributed by atoms with Gasteiger partial charge in [-0.25, -0.2) is 4.79 Å². The van der Waals surface area contributed by atoms with Gasteiger partial charge < -0.3 is 15.2 Å². The third kappa shape index (κ3) is 9.59. The molecule has 4 heteroatoms. The van der Waals surface area contributed by atoms with Crippen LogP contribution in [0.15, 0.2) is 42.5 Å². The van der Waals surface area contributed by atoms with Gasteiger partial charge in [0.2, 0.25) is 0 Å². The van der Waals surface area contributed by atoms with Gasteiger partial charge in [0, 0.05) is 13.0 Å². The number of rotatable bonds is 6. The minimum atomic E-state index is -0.892. The van der Waals surface area contributed by atoms with Crippen LogP contribution in [-0.4, -0.2) is 23.3 Å². The maximum atomic E-state index is 11.4. The van der Waals surface area contributed by atoms with Crippen molar-refractivity contribution in [3.63, 3.8) is 0 Å². The monoisotopic (exact) mass is 343 g/mol. The second kappa shape index (κ2) is 9.90. The van der Waals surface area contributed by atoms with E-state index in [1.54, 1.807) is 13.0 Å². The molecule has 1 amide bonds. The first-order valence-corrected chi connectivity index (χ1v) is 8.59. The summed E-state index contributed by atoms with van der Waals surface area (Å²) < 4.78 is 5.14. The second-order valence-corrected chi connectivity index (χ2v) is 7.10. The quantitative estimate of drug-likeness (QED) is 0.602. The second-order valence-electron chi connectivity index (χ2n) is 7.10. The first-order valence-electron chi connectivity index (χ1n) is 8.59. The largest absolute Gasteiger partial charge is 0.444 e. The molecular weight excluding hydrogens is 314 g/mol. The van der Waals surface area contributed by atoms with E-state index in [4.69, 9.17) is 4.74 Å². The molecular formula is C21H29NO3. The molecule has 0 bridgehead atoms. The van der Waals surface area contributed by atoms with E-state index in [0.29, 0.717) is 19.4 Å². The Morgan fingerprint density at radius 3 is 2.56 bits per heavy atom. The predicted molar refractivity (Wildman–Crippen MR) is 101 cm³/mol. The van der Waals surface area contributed by atoms with Crippen LogP contribution in [0.2, 0.25) is 0 Å². The number of hydrogen-bond donors (Lipinski definition) is 2. The van der Waals surface area contributed by atoms with E-state index in [1.807, 2.05) is 57.2 Å². The van der Waals surface area contributed by atoms with Crippen LogP contribution < -0.4 is 5.32 Å². The van der Waals surface area contributed by atoms with E-state index >= 15 is 0 Å². The standard InChI is InChI=1S/C21H29NO3/c1-20(2,3)25-19(23)22-17-13-8-6-5-7-12-16-21(4,24)18-14-10-9-11-15-18/h7,9-12,14-15,24H,8,13,16-17H2,1-4H3,(H,22,23)/b12-7+/t21-/m1/s1. The van der Waals surface area contributed by atoms with Crippen molar-refractivity contribution in [3.05, 3.63) is 48.0 Å². The number of ether oxygens (including phenoxy) is 1. The fourth-order valence-electron chi connectivity index (χ4n) is 2.07. The first-order chi connectivity index (χ1) is 11.7. The Bertz CT molecular complexity index is 616. The lowest BCUT2D eigenvalue weighted by atomic mass is 9.92. The van der Waals surface area contributed by atoms with Gasteiger partial charge in [0.15, 0.2) is 0 Å². The van der Waals surface area contributed by atoms with Crippen LogP contribution in [0.1, 0.15) is 52.5 Å². The third-order valence-electron chi connectivity index (χ3n) is 3.36. The van der Waals surface area contributed by atoms with E-state index in [2.05, 4.69) is 17.2 Å².